The molecule has 0 saturated heterocycles. The minimum Gasteiger partial charge on any atom is -0.440 e. The number of benzene rings is 1. The van der Waals surface area contributed by atoms with E-state index in [0.29, 0.717) is 5.76 Å². The fourth-order valence-electron chi connectivity index (χ4n) is 1.93. The Morgan fingerprint density at radius 1 is 1.27 bits per heavy atom. The van der Waals surface area contributed by atoms with Crippen molar-refractivity contribution >= 4 is 15.7 Å². The summed E-state index contributed by atoms with van der Waals surface area (Å²) in [5, 5.41) is -1.13. The molecule has 1 aromatic heterocycles. The lowest BCUT2D eigenvalue weighted by Crippen LogP contribution is -2.37. The Balaban J connectivity index is 2.18. The zero-order valence-electron chi connectivity index (χ0n) is 12.7. The molecule has 118 valence electrons. The molecule has 0 aliphatic carbocycles. The van der Waals surface area contributed by atoms with Crippen LogP contribution in [0.5, 0.6) is 0 Å². The van der Waals surface area contributed by atoms with Crippen molar-refractivity contribution < 1.29 is 17.6 Å². The smallest absolute Gasteiger partial charge is 0.240 e. The van der Waals surface area contributed by atoms with Gasteiger partial charge in [-0.05, 0) is 6.92 Å². The minimum absolute atomic E-state index is 0.0808. The fourth-order valence-corrected chi connectivity index (χ4v) is 3.17. The molecular formula is C15H18N2O4S. The fraction of sp³-hybridized carbons (Fsp3) is 0.333. The summed E-state index contributed by atoms with van der Waals surface area (Å²) in [5.41, 5.74) is 0.816. The standard InChI is InChI=1S/C15H18N2O4S/c1-11(15(18)17(2)3)22(19,20)10-14-16-9-13(21-14)12-7-5-4-6-8-12/h4-9,11H,10H2,1-3H3/t11-/m0/s1. The first-order chi connectivity index (χ1) is 10.3. The van der Waals surface area contributed by atoms with Gasteiger partial charge in [-0.25, -0.2) is 13.4 Å². The van der Waals surface area contributed by atoms with Gasteiger partial charge in [-0.1, -0.05) is 30.3 Å². The van der Waals surface area contributed by atoms with Crippen LogP contribution in [0.4, 0.5) is 0 Å². The van der Waals surface area contributed by atoms with Crippen molar-refractivity contribution in [1.29, 1.82) is 0 Å². The summed E-state index contributed by atoms with van der Waals surface area (Å²) in [6, 6.07) is 9.27. The molecular weight excluding hydrogens is 304 g/mol. The zero-order valence-corrected chi connectivity index (χ0v) is 13.5. The Morgan fingerprint density at radius 2 is 1.91 bits per heavy atom. The zero-order chi connectivity index (χ0) is 16.3. The van der Waals surface area contributed by atoms with Gasteiger partial charge in [0.1, 0.15) is 11.0 Å². The summed E-state index contributed by atoms with van der Waals surface area (Å²) in [6.45, 7) is 1.37. The summed E-state index contributed by atoms with van der Waals surface area (Å²) in [5.74, 6) is -0.287. The van der Waals surface area contributed by atoms with E-state index in [-0.39, 0.29) is 5.89 Å². The van der Waals surface area contributed by atoms with Crippen LogP contribution < -0.4 is 0 Å². The van der Waals surface area contributed by atoms with E-state index < -0.39 is 26.7 Å². The van der Waals surface area contributed by atoms with Crippen LogP contribution in [0, 0.1) is 0 Å². The normalized spacial score (nSPS) is 12.9. The molecule has 7 heteroatoms. The van der Waals surface area contributed by atoms with Gasteiger partial charge >= 0.3 is 0 Å². The largest absolute Gasteiger partial charge is 0.440 e. The van der Waals surface area contributed by atoms with E-state index in [0.717, 1.165) is 5.56 Å². The van der Waals surface area contributed by atoms with Crippen molar-refractivity contribution in [3.8, 4) is 11.3 Å². The Kier molecular flexibility index (Phi) is 4.65. The molecule has 0 N–H and O–H groups in total. The van der Waals surface area contributed by atoms with E-state index in [9.17, 15) is 13.2 Å². The third-order valence-corrected chi connectivity index (χ3v) is 5.19. The molecule has 2 aromatic rings. The molecule has 0 bridgehead atoms. The number of sulfone groups is 1. The highest BCUT2D eigenvalue weighted by Crippen LogP contribution is 2.21. The Bertz CT molecular complexity index is 751. The molecule has 0 aliphatic rings. The average Bonchev–Trinajstić information content (AvgIpc) is 2.94. The Labute approximate surface area is 129 Å². The van der Waals surface area contributed by atoms with Crippen LogP contribution in [0.3, 0.4) is 0 Å². The summed E-state index contributed by atoms with van der Waals surface area (Å²) in [4.78, 5) is 17.1. The lowest BCUT2D eigenvalue weighted by atomic mass is 10.2. The van der Waals surface area contributed by atoms with Crippen molar-refractivity contribution in [2.75, 3.05) is 14.1 Å². The minimum atomic E-state index is -3.67. The van der Waals surface area contributed by atoms with Crippen LogP contribution in [-0.2, 0) is 20.4 Å². The first-order valence-electron chi connectivity index (χ1n) is 6.74. The summed E-state index contributed by atoms with van der Waals surface area (Å²) in [7, 11) is -0.632. The maximum atomic E-state index is 12.2. The SMILES string of the molecule is C[C@@H](C(=O)N(C)C)S(=O)(=O)Cc1ncc(-c2ccccc2)o1. The number of oxazole rings is 1. The lowest BCUT2D eigenvalue weighted by molar-refractivity contribution is -0.127. The third kappa shape index (κ3) is 3.54. The van der Waals surface area contributed by atoms with E-state index in [1.807, 2.05) is 30.3 Å². The van der Waals surface area contributed by atoms with Gasteiger partial charge in [0.05, 0.1) is 6.20 Å². The van der Waals surface area contributed by atoms with Gasteiger partial charge in [0.2, 0.25) is 11.8 Å². The van der Waals surface area contributed by atoms with Gasteiger partial charge in [-0.3, -0.25) is 4.79 Å². The highest BCUT2D eigenvalue weighted by molar-refractivity contribution is 7.92. The molecule has 1 aromatic carbocycles. The summed E-state index contributed by atoms with van der Waals surface area (Å²) < 4.78 is 30.0. The molecule has 2 rings (SSSR count). The van der Waals surface area contributed by atoms with Crippen LogP contribution in [0.15, 0.2) is 40.9 Å². The maximum absolute atomic E-state index is 12.2. The van der Waals surface area contributed by atoms with Gasteiger partial charge in [0.15, 0.2) is 15.6 Å². The second-order valence-electron chi connectivity index (χ2n) is 5.17. The maximum Gasteiger partial charge on any atom is 0.240 e. The van der Waals surface area contributed by atoms with Crippen molar-refractivity contribution in [2.24, 2.45) is 0 Å². The topological polar surface area (TPSA) is 80.5 Å². The van der Waals surface area contributed by atoms with Crippen LogP contribution in [0.1, 0.15) is 12.8 Å². The Hall–Kier alpha value is -2.15. The molecule has 0 saturated carbocycles. The highest BCUT2D eigenvalue weighted by atomic mass is 32.2. The predicted molar refractivity (Wildman–Crippen MR) is 82.7 cm³/mol. The third-order valence-electron chi connectivity index (χ3n) is 3.26. The van der Waals surface area contributed by atoms with Gasteiger partial charge in [0, 0.05) is 19.7 Å². The van der Waals surface area contributed by atoms with Crippen LogP contribution in [-0.4, -0.2) is 43.6 Å². The first kappa shape index (κ1) is 16.2. The molecule has 1 amide bonds. The van der Waals surface area contributed by atoms with Crippen molar-refractivity contribution in [2.45, 2.75) is 17.9 Å². The second-order valence-corrected chi connectivity index (χ2v) is 7.49. The van der Waals surface area contributed by atoms with E-state index >= 15 is 0 Å². The molecule has 1 atom stereocenters. The van der Waals surface area contributed by atoms with E-state index in [4.69, 9.17) is 4.42 Å². The number of carbonyl (C=O) groups excluding carboxylic acids is 1. The molecule has 1 heterocycles. The Morgan fingerprint density at radius 3 is 2.50 bits per heavy atom. The molecule has 0 radical (unpaired) electrons. The molecule has 0 spiro atoms. The van der Waals surface area contributed by atoms with Crippen molar-refractivity contribution in [1.82, 2.24) is 9.88 Å². The average molecular weight is 322 g/mol. The molecule has 6 nitrogen and oxygen atoms in total. The van der Waals surface area contributed by atoms with Gasteiger partial charge in [-0.15, -0.1) is 0 Å². The first-order valence-corrected chi connectivity index (χ1v) is 8.45. The van der Waals surface area contributed by atoms with Crippen molar-refractivity contribution in [3.63, 3.8) is 0 Å². The summed E-state index contributed by atoms with van der Waals surface area (Å²) in [6.07, 6.45) is 1.48. The number of rotatable bonds is 5. The highest BCUT2D eigenvalue weighted by Gasteiger charge is 2.30. The van der Waals surface area contributed by atoms with Gasteiger partial charge < -0.3 is 9.32 Å². The van der Waals surface area contributed by atoms with Gasteiger partial charge in [-0.2, -0.15) is 0 Å². The number of amides is 1. The number of aromatic nitrogens is 1. The van der Waals surface area contributed by atoms with Crippen molar-refractivity contribution in [3.05, 3.63) is 42.4 Å². The molecule has 0 aliphatic heterocycles. The number of nitrogens with zero attached hydrogens (tertiary/aromatic N) is 2. The molecule has 0 fully saturated rings. The van der Waals surface area contributed by atoms with E-state index in [1.165, 1.54) is 32.1 Å². The summed E-state index contributed by atoms with van der Waals surface area (Å²) >= 11 is 0. The number of hydrogen-bond acceptors (Lipinski definition) is 5. The van der Waals surface area contributed by atoms with E-state index in [1.54, 1.807) is 0 Å². The quantitative estimate of drug-likeness (QED) is 0.837. The second kappa shape index (κ2) is 6.31. The number of carbonyl (C=O) groups is 1. The van der Waals surface area contributed by atoms with E-state index in [2.05, 4.69) is 4.98 Å². The molecule has 0 unspecified atom stereocenters. The lowest BCUT2D eigenvalue weighted by Gasteiger charge is -2.16. The van der Waals surface area contributed by atoms with Gasteiger partial charge in [0.25, 0.3) is 0 Å². The predicted octanol–water partition coefficient (Wildman–Crippen LogP) is 1.73. The van der Waals surface area contributed by atoms with Crippen LogP contribution in [0.2, 0.25) is 0 Å². The molecule has 22 heavy (non-hydrogen) atoms. The number of hydrogen-bond donors (Lipinski definition) is 0. The van der Waals surface area contributed by atoms with Crippen LogP contribution in [0.25, 0.3) is 11.3 Å². The monoisotopic (exact) mass is 322 g/mol. The van der Waals surface area contributed by atoms with Crippen LogP contribution >= 0.6 is 0 Å².